The van der Waals surface area contributed by atoms with Gasteiger partial charge < -0.3 is 0 Å². The summed E-state index contributed by atoms with van der Waals surface area (Å²) in [5.41, 5.74) is 3.93. The van der Waals surface area contributed by atoms with E-state index in [1.54, 1.807) is 12.1 Å². The molecule has 0 spiro atoms. The maximum absolute atomic E-state index is 12.9. The van der Waals surface area contributed by atoms with E-state index in [2.05, 4.69) is 0 Å². The molecule has 0 bridgehead atoms. The lowest BCUT2D eigenvalue weighted by atomic mass is 10.0. The predicted octanol–water partition coefficient (Wildman–Crippen LogP) is 3.76. The Balaban J connectivity index is 2.00. The number of benzene rings is 2. The van der Waals surface area contributed by atoms with E-state index in [-0.39, 0.29) is 11.6 Å². The van der Waals surface area contributed by atoms with Crippen molar-refractivity contribution in [1.82, 2.24) is 4.90 Å². The van der Waals surface area contributed by atoms with Crippen molar-refractivity contribution in [3.63, 3.8) is 0 Å². The summed E-state index contributed by atoms with van der Waals surface area (Å²) in [6, 6.07) is 12.2. The van der Waals surface area contributed by atoms with Gasteiger partial charge >= 0.3 is 0 Å². The van der Waals surface area contributed by atoms with Gasteiger partial charge in [0.15, 0.2) is 5.78 Å². The van der Waals surface area contributed by atoms with E-state index in [9.17, 15) is 9.18 Å². The minimum Gasteiger partial charge on any atom is -0.295 e. The molecule has 2 rings (SSSR count). The van der Waals surface area contributed by atoms with Crippen LogP contribution < -0.4 is 0 Å². The molecule has 0 atom stereocenters. The fraction of sp³-hybridized carbons (Fsp3) is 0.278. The van der Waals surface area contributed by atoms with Crippen LogP contribution in [0.4, 0.5) is 4.39 Å². The summed E-state index contributed by atoms with van der Waals surface area (Å²) in [4.78, 5) is 14.3. The lowest BCUT2D eigenvalue weighted by Gasteiger charge is -2.16. The number of aryl methyl sites for hydroxylation is 2. The van der Waals surface area contributed by atoms with Crippen molar-refractivity contribution in [2.24, 2.45) is 0 Å². The number of carbonyl (C=O) groups is 1. The van der Waals surface area contributed by atoms with Crippen molar-refractivity contribution < 1.29 is 9.18 Å². The number of hydrogen-bond donors (Lipinski definition) is 0. The van der Waals surface area contributed by atoms with E-state index in [1.165, 1.54) is 12.1 Å². The molecule has 0 N–H and O–H groups in total. The molecule has 0 unspecified atom stereocenters. The van der Waals surface area contributed by atoms with Crippen LogP contribution in [0.15, 0.2) is 42.5 Å². The molecular weight excluding hydrogens is 265 g/mol. The second kappa shape index (κ2) is 6.64. The van der Waals surface area contributed by atoms with Gasteiger partial charge in [-0.2, -0.15) is 0 Å². The third-order valence-electron chi connectivity index (χ3n) is 3.46. The number of Topliss-reactive ketones (excluding diaryl/α,β-unsaturated/α-hetero) is 1. The first-order chi connectivity index (χ1) is 9.95. The summed E-state index contributed by atoms with van der Waals surface area (Å²) in [6.45, 7) is 4.94. The van der Waals surface area contributed by atoms with Gasteiger partial charge in [0.2, 0.25) is 0 Å². The van der Waals surface area contributed by atoms with Gasteiger partial charge in [0.05, 0.1) is 6.54 Å². The van der Waals surface area contributed by atoms with Gasteiger partial charge in [-0.3, -0.25) is 9.69 Å². The van der Waals surface area contributed by atoms with Gasteiger partial charge in [-0.05, 0) is 44.2 Å². The third kappa shape index (κ3) is 4.23. The minimum absolute atomic E-state index is 0.108. The zero-order chi connectivity index (χ0) is 15.4. The number of hydrogen-bond acceptors (Lipinski definition) is 2. The summed E-state index contributed by atoms with van der Waals surface area (Å²) in [6.07, 6.45) is 0. The van der Waals surface area contributed by atoms with Crippen LogP contribution >= 0.6 is 0 Å². The summed E-state index contributed by atoms with van der Waals surface area (Å²) in [7, 11) is 1.89. The Labute approximate surface area is 125 Å². The smallest absolute Gasteiger partial charge is 0.177 e. The molecule has 2 aromatic rings. The van der Waals surface area contributed by atoms with Crippen molar-refractivity contribution >= 4 is 5.78 Å². The average molecular weight is 285 g/mol. The van der Waals surface area contributed by atoms with E-state index < -0.39 is 0 Å². The third-order valence-corrected chi connectivity index (χ3v) is 3.46. The molecule has 0 fully saturated rings. The van der Waals surface area contributed by atoms with Gasteiger partial charge in [-0.1, -0.05) is 35.9 Å². The van der Waals surface area contributed by atoms with E-state index in [0.717, 1.165) is 22.3 Å². The largest absolute Gasteiger partial charge is 0.295 e. The van der Waals surface area contributed by atoms with E-state index in [4.69, 9.17) is 0 Å². The Hall–Kier alpha value is -2.00. The van der Waals surface area contributed by atoms with Crippen LogP contribution in [0, 0.1) is 19.7 Å². The second-order valence-corrected chi connectivity index (χ2v) is 5.54. The molecular formula is C18H20FNO. The molecule has 0 saturated carbocycles. The van der Waals surface area contributed by atoms with Crippen molar-refractivity contribution in [1.29, 1.82) is 0 Å². The summed E-state index contributed by atoms with van der Waals surface area (Å²) in [5.74, 6) is -0.134. The predicted molar refractivity (Wildman–Crippen MR) is 83.0 cm³/mol. The zero-order valence-corrected chi connectivity index (χ0v) is 12.7. The molecule has 0 heterocycles. The molecule has 21 heavy (non-hydrogen) atoms. The molecule has 2 nitrogen and oxygen atoms in total. The van der Waals surface area contributed by atoms with Crippen LogP contribution in [0.5, 0.6) is 0 Å². The lowest BCUT2D eigenvalue weighted by molar-refractivity contribution is 0.0942. The molecule has 0 aliphatic carbocycles. The first kappa shape index (κ1) is 15.4. The standard InChI is InChI=1S/C18H20FNO/c1-13-4-9-17(14(2)10-13)18(21)12-20(3)11-15-5-7-16(19)8-6-15/h4-10H,11-12H2,1-3H3. The quantitative estimate of drug-likeness (QED) is 0.780. The molecule has 0 radical (unpaired) electrons. The van der Waals surface area contributed by atoms with Gasteiger partial charge in [0.25, 0.3) is 0 Å². The molecule has 0 aromatic heterocycles. The maximum atomic E-state index is 12.9. The Kier molecular flexibility index (Phi) is 4.86. The van der Waals surface area contributed by atoms with Crippen LogP contribution in [0.3, 0.4) is 0 Å². The zero-order valence-electron chi connectivity index (χ0n) is 12.7. The number of likely N-dealkylation sites (N-methyl/N-ethyl adjacent to an activating group) is 1. The van der Waals surface area contributed by atoms with Crippen LogP contribution in [-0.2, 0) is 6.54 Å². The molecule has 3 heteroatoms. The molecule has 0 saturated heterocycles. The highest BCUT2D eigenvalue weighted by Gasteiger charge is 2.12. The number of nitrogens with zero attached hydrogens (tertiary/aromatic N) is 1. The first-order valence-electron chi connectivity index (χ1n) is 6.99. The Morgan fingerprint density at radius 3 is 2.38 bits per heavy atom. The van der Waals surface area contributed by atoms with Crippen molar-refractivity contribution in [3.05, 3.63) is 70.5 Å². The number of carbonyl (C=O) groups excluding carboxylic acids is 1. The number of rotatable bonds is 5. The minimum atomic E-state index is -0.243. The van der Waals surface area contributed by atoms with E-state index in [1.807, 2.05) is 44.0 Å². The van der Waals surface area contributed by atoms with Gasteiger partial charge in [-0.25, -0.2) is 4.39 Å². The Bertz CT molecular complexity index is 634. The maximum Gasteiger partial charge on any atom is 0.177 e. The van der Waals surface area contributed by atoms with Crippen molar-refractivity contribution in [3.8, 4) is 0 Å². The Morgan fingerprint density at radius 2 is 1.76 bits per heavy atom. The second-order valence-electron chi connectivity index (χ2n) is 5.54. The monoisotopic (exact) mass is 285 g/mol. The van der Waals surface area contributed by atoms with Gasteiger partial charge in [0.1, 0.15) is 5.82 Å². The van der Waals surface area contributed by atoms with Crippen LogP contribution in [0.25, 0.3) is 0 Å². The number of halogens is 1. The summed E-state index contributed by atoms with van der Waals surface area (Å²) in [5, 5.41) is 0. The van der Waals surface area contributed by atoms with E-state index >= 15 is 0 Å². The van der Waals surface area contributed by atoms with Crippen molar-refractivity contribution in [2.45, 2.75) is 20.4 Å². The van der Waals surface area contributed by atoms with Crippen molar-refractivity contribution in [2.75, 3.05) is 13.6 Å². The van der Waals surface area contributed by atoms with Gasteiger partial charge in [-0.15, -0.1) is 0 Å². The average Bonchev–Trinajstić information content (AvgIpc) is 2.41. The normalized spacial score (nSPS) is 10.9. The SMILES string of the molecule is Cc1ccc(C(=O)CN(C)Cc2ccc(F)cc2)c(C)c1. The molecule has 0 amide bonds. The first-order valence-corrected chi connectivity index (χ1v) is 6.99. The van der Waals surface area contributed by atoms with E-state index in [0.29, 0.717) is 13.1 Å². The molecule has 110 valence electrons. The van der Waals surface area contributed by atoms with Crippen LogP contribution in [-0.4, -0.2) is 24.3 Å². The van der Waals surface area contributed by atoms with Gasteiger partial charge in [0, 0.05) is 12.1 Å². The molecule has 0 aliphatic heterocycles. The fourth-order valence-corrected chi connectivity index (χ4v) is 2.41. The topological polar surface area (TPSA) is 20.3 Å². The summed E-state index contributed by atoms with van der Waals surface area (Å²) < 4.78 is 12.9. The highest BCUT2D eigenvalue weighted by Crippen LogP contribution is 2.12. The van der Waals surface area contributed by atoms with Crippen LogP contribution in [0.2, 0.25) is 0 Å². The Morgan fingerprint density at radius 1 is 1.10 bits per heavy atom. The highest BCUT2D eigenvalue weighted by molar-refractivity contribution is 5.98. The highest BCUT2D eigenvalue weighted by atomic mass is 19.1. The molecule has 0 aliphatic rings. The molecule has 2 aromatic carbocycles. The lowest BCUT2D eigenvalue weighted by Crippen LogP contribution is -2.26. The van der Waals surface area contributed by atoms with Crippen LogP contribution in [0.1, 0.15) is 27.0 Å². The number of ketones is 1. The summed E-state index contributed by atoms with van der Waals surface area (Å²) >= 11 is 0. The fourth-order valence-electron chi connectivity index (χ4n) is 2.41.